The van der Waals surface area contributed by atoms with Crippen LogP contribution >= 0.6 is 0 Å². The molecule has 1 atom stereocenters. The second-order valence-corrected chi connectivity index (χ2v) is 3.85. The Hall–Kier alpha value is -2.04. The third kappa shape index (κ3) is 3.48. The van der Waals surface area contributed by atoms with Crippen LogP contribution in [0.3, 0.4) is 0 Å². The van der Waals surface area contributed by atoms with E-state index in [1.165, 1.54) is 0 Å². The van der Waals surface area contributed by atoms with Gasteiger partial charge in [0.25, 0.3) is 0 Å². The zero-order valence-corrected chi connectivity index (χ0v) is 9.83. The lowest BCUT2D eigenvalue weighted by Gasteiger charge is -2.09. The van der Waals surface area contributed by atoms with Crippen molar-refractivity contribution in [3.63, 3.8) is 0 Å². The fraction of sp³-hybridized carbons (Fsp3) is 0.385. The average Bonchev–Trinajstić information content (AvgIpc) is 2.76. The number of carbonyl (C=O) groups is 2. The molecule has 1 aromatic carbocycles. The molecular weight excluding hydrogens is 236 g/mol. The van der Waals surface area contributed by atoms with Gasteiger partial charge in [-0.25, -0.2) is 4.79 Å². The van der Waals surface area contributed by atoms with E-state index in [0.717, 1.165) is 0 Å². The smallest absolute Gasteiger partial charge is 0.347 e. The number of carbonyl (C=O) groups excluding carboxylic acids is 2. The molecule has 0 amide bonds. The summed E-state index contributed by atoms with van der Waals surface area (Å²) in [5.41, 5.74) is 0. The second-order valence-electron chi connectivity index (χ2n) is 3.85. The van der Waals surface area contributed by atoms with Gasteiger partial charge in [0.1, 0.15) is 5.75 Å². The van der Waals surface area contributed by atoms with Crippen molar-refractivity contribution in [3.8, 4) is 5.75 Å². The van der Waals surface area contributed by atoms with Crippen molar-refractivity contribution in [3.05, 3.63) is 30.3 Å². The van der Waals surface area contributed by atoms with Gasteiger partial charge in [0, 0.05) is 6.42 Å². The van der Waals surface area contributed by atoms with Crippen LogP contribution in [0.2, 0.25) is 0 Å². The van der Waals surface area contributed by atoms with E-state index in [9.17, 15) is 9.59 Å². The quantitative estimate of drug-likeness (QED) is 0.737. The van der Waals surface area contributed by atoms with Gasteiger partial charge in [0.2, 0.25) is 6.10 Å². The summed E-state index contributed by atoms with van der Waals surface area (Å²) >= 11 is 0. The van der Waals surface area contributed by atoms with E-state index < -0.39 is 18.0 Å². The second kappa shape index (κ2) is 6.05. The maximum Gasteiger partial charge on any atom is 0.347 e. The Morgan fingerprint density at radius 3 is 2.78 bits per heavy atom. The Bertz CT molecular complexity index is 415. The molecule has 0 spiro atoms. The molecule has 0 aromatic heterocycles. The van der Waals surface area contributed by atoms with E-state index >= 15 is 0 Å². The monoisotopic (exact) mass is 250 g/mol. The van der Waals surface area contributed by atoms with E-state index in [1.807, 2.05) is 18.2 Å². The molecule has 0 saturated carbocycles. The summed E-state index contributed by atoms with van der Waals surface area (Å²) in [7, 11) is 0. The summed E-state index contributed by atoms with van der Waals surface area (Å²) in [5, 5.41) is 0. The summed E-state index contributed by atoms with van der Waals surface area (Å²) in [5.74, 6) is -0.215. The molecule has 1 saturated heterocycles. The lowest BCUT2D eigenvalue weighted by molar-refractivity contribution is -0.160. The van der Waals surface area contributed by atoms with Crippen LogP contribution in [0, 0.1) is 0 Å². The zero-order chi connectivity index (χ0) is 12.8. The van der Waals surface area contributed by atoms with Crippen molar-refractivity contribution in [2.45, 2.75) is 18.9 Å². The molecule has 5 nitrogen and oxygen atoms in total. The number of cyclic esters (lactones) is 1. The topological polar surface area (TPSA) is 61.8 Å². The Balaban J connectivity index is 1.67. The Kier molecular flexibility index (Phi) is 4.17. The molecule has 0 radical (unpaired) electrons. The standard InChI is InChI=1S/C13H14O5/c14-12(18-11-6-8-17-13(11)15)7-9-16-10-4-2-1-3-5-10/h1-5,11H,6-9H2. The van der Waals surface area contributed by atoms with Crippen LogP contribution in [0.1, 0.15) is 12.8 Å². The maximum absolute atomic E-state index is 11.4. The van der Waals surface area contributed by atoms with Gasteiger partial charge in [-0.1, -0.05) is 18.2 Å². The van der Waals surface area contributed by atoms with Crippen LogP contribution in [0.4, 0.5) is 0 Å². The summed E-state index contributed by atoms with van der Waals surface area (Å²) in [4.78, 5) is 22.5. The maximum atomic E-state index is 11.4. The number of para-hydroxylation sites is 1. The van der Waals surface area contributed by atoms with Crippen LogP contribution in [0.5, 0.6) is 5.75 Å². The first kappa shape index (κ1) is 12.4. The largest absolute Gasteiger partial charge is 0.493 e. The molecule has 1 unspecified atom stereocenters. The molecular formula is C13H14O5. The lowest BCUT2D eigenvalue weighted by Crippen LogP contribution is -2.23. The minimum atomic E-state index is -0.741. The molecule has 0 aliphatic carbocycles. The van der Waals surface area contributed by atoms with Crippen molar-refractivity contribution >= 4 is 11.9 Å². The Morgan fingerprint density at radius 2 is 2.11 bits per heavy atom. The molecule has 0 N–H and O–H groups in total. The normalized spacial score (nSPS) is 18.2. The van der Waals surface area contributed by atoms with Crippen LogP contribution in [0.15, 0.2) is 30.3 Å². The van der Waals surface area contributed by atoms with Crippen molar-refractivity contribution < 1.29 is 23.8 Å². The van der Waals surface area contributed by atoms with Gasteiger partial charge in [0.15, 0.2) is 0 Å². The summed E-state index contributed by atoms with van der Waals surface area (Å²) in [6.45, 7) is 0.544. The third-order valence-electron chi connectivity index (χ3n) is 2.48. The summed E-state index contributed by atoms with van der Waals surface area (Å²) in [6, 6.07) is 9.19. The van der Waals surface area contributed by atoms with Crippen molar-refractivity contribution in [2.75, 3.05) is 13.2 Å². The van der Waals surface area contributed by atoms with Crippen LogP contribution < -0.4 is 4.74 Å². The number of rotatable bonds is 5. The molecule has 2 rings (SSSR count). The first-order chi connectivity index (χ1) is 8.75. The molecule has 5 heteroatoms. The highest BCUT2D eigenvalue weighted by Gasteiger charge is 2.29. The Labute approximate surface area is 105 Å². The number of ether oxygens (including phenoxy) is 3. The first-order valence-corrected chi connectivity index (χ1v) is 5.79. The number of benzene rings is 1. The highest BCUT2D eigenvalue weighted by molar-refractivity contribution is 5.80. The van der Waals surface area contributed by atoms with Crippen molar-refractivity contribution in [2.24, 2.45) is 0 Å². The number of hydrogen-bond donors (Lipinski definition) is 0. The molecule has 1 fully saturated rings. The van der Waals surface area contributed by atoms with Gasteiger partial charge < -0.3 is 14.2 Å². The predicted octanol–water partition coefficient (Wildman–Crippen LogP) is 1.31. The lowest BCUT2D eigenvalue weighted by atomic mass is 10.3. The van der Waals surface area contributed by atoms with Crippen molar-refractivity contribution in [1.82, 2.24) is 0 Å². The van der Waals surface area contributed by atoms with E-state index in [-0.39, 0.29) is 13.0 Å². The minimum absolute atomic E-state index is 0.110. The third-order valence-corrected chi connectivity index (χ3v) is 2.48. The molecule has 1 aromatic rings. The van der Waals surface area contributed by atoms with Crippen molar-refractivity contribution in [1.29, 1.82) is 0 Å². The molecule has 1 aliphatic rings. The summed E-state index contributed by atoms with van der Waals surface area (Å²) < 4.78 is 15.0. The zero-order valence-electron chi connectivity index (χ0n) is 9.83. The number of esters is 2. The molecule has 0 bridgehead atoms. The van der Waals surface area contributed by atoms with Crippen LogP contribution in [-0.4, -0.2) is 31.3 Å². The van der Waals surface area contributed by atoms with Gasteiger partial charge in [-0.2, -0.15) is 0 Å². The van der Waals surface area contributed by atoms with Gasteiger partial charge in [-0.15, -0.1) is 0 Å². The molecule has 1 aliphatic heterocycles. The van der Waals surface area contributed by atoms with Crippen LogP contribution in [0.25, 0.3) is 0 Å². The Morgan fingerprint density at radius 1 is 1.33 bits per heavy atom. The molecule has 1 heterocycles. The first-order valence-electron chi connectivity index (χ1n) is 5.79. The predicted molar refractivity (Wildman–Crippen MR) is 62.0 cm³/mol. The average molecular weight is 250 g/mol. The SMILES string of the molecule is O=C(CCOc1ccccc1)OC1CCOC1=O. The van der Waals surface area contributed by atoms with Gasteiger partial charge in [-0.3, -0.25) is 4.79 Å². The van der Waals surface area contributed by atoms with Gasteiger partial charge in [0.05, 0.1) is 19.6 Å². The number of hydrogen-bond acceptors (Lipinski definition) is 5. The fourth-order valence-corrected chi connectivity index (χ4v) is 1.57. The van der Waals surface area contributed by atoms with E-state index in [4.69, 9.17) is 14.2 Å². The van der Waals surface area contributed by atoms with Gasteiger partial charge >= 0.3 is 11.9 Å². The van der Waals surface area contributed by atoms with Gasteiger partial charge in [-0.05, 0) is 12.1 Å². The molecule has 96 valence electrons. The summed E-state index contributed by atoms with van der Waals surface area (Å²) in [6.07, 6.45) is -0.197. The fourth-order valence-electron chi connectivity index (χ4n) is 1.57. The molecule has 18 heavy (non-hydrogen) atoms. The highest BCUT2D eigenvalue weighted by atomic mass is 16.6. The highest BCUT2D eigenvalue weighted by Crippen LogP contribution is 2.12. The van der Waals surface area contributed by atoms with E-state index in [1.54, 1.807) is 12.1 Å². The van der Waals surface area contributed by atoms with E-state index in [2.05, 4.69) is 0 Å². The minimum Gasteiger partial charge on any atom is -0.493 e. The van der Waals surface area contributed by atoms with E-state index in [0.29, 0.717) is 18.8 Å². The van der Waals surface area contributed by atoms with Crippen LogP contribution in [-0.2, 0) is 19.1 Å².